The van der Waals surface area contributed by atoms with Gasteiger partial charge in [0.1, 0.15) is 0 Å². The number of carbonyl (C=O) groups is 1. The van der Waals surface area contributed by atoms with Crippen LogP contribution >= 0.6 is 0 Å². The lowest BCUT2D eigenvalue weighted by atomic mass is 9.84. The van der Waals surface area contributed by atoms with Crippen molar-refractivity contribution in [2.24, 2.45) is 23.5 Å². The molecule has 4 rings (SSSR count). The number of nitrogens with zero attached hydrogens (tertiary/aromatic N) is 1. The van der Waals surface area contributed by atoms with Gasteiger partial charge >= 0.3 is 0 Å². The van der Waals surface area contributed by atoms with Crippen molar-refractivity contribution < 1.29 is 9.53 Å². The Labute approximate surface area is 162 Å². The SMILES string of the molecule is CC1CN(Cc2ccc(CNC(=O)C3C4CCC(C4)C3N)cc2)CC(C)O1. The fourth-order valence-corrected chi connectivity index (χ4v) is 5.47. The minimum Gasteiger partial charge on any atom is -0.373 e. The average Bonchev–Trinajstić information content (AvgIpc) is 3.21. The molecule has 1 aromatic carbocycles. The number of fused-ring (bicyclic) bond motifs is 2. The quantitative estimate of drug-likeness (QED) is 0.833. The molecule has 1 heterocycles. The minimum atomic E-state index is 0.0216. The van der Waals surface area contributed by atoms with Crippen LogP contribution in [0, 0.1) is 17.8 Å². The Morgan fingerprint density at radius 1 is 1.11 bits per heavy atom. The van der Waals surface area contributed by atoms with Gasteiger partial charge in [0.15, 0.2) is 0 Å². The maximum absolute atomic E-state index is 12.6. The van der Waals surface area contributed by atoms with Gasteiger partial charge in [0.25, 0.3) is 0 Å². The molecule has 148 valence electrons. The molecule has 0 aromatic heterocycles. The number of benzene rings is 1. The molecule has 0 radical (unpaired) electrons. The third-order valence-corrected chi connectivity index (χ3v) is 6.67. The number of carbonyl (C=O) groups excluding carboxylic acids is 1. The van der Waals surface area contributed by atoms with E-state index in [0.717, 1.165) is 31.6 Å². The summed E-state index contributed by atoms with van der Waals surface area (Å²) in [5, 5.41) is 3.12. The molecule has 3 aliphatic rings. The van der Waals surface area contributed by atoms with Gasteiger partial charge in [-0.1, -0.05) is 24.3 Å². The van der Waals surface area contributed by atoms with Crippen LogP contribution in [0.15, 0.2) is 24.3 Å². The first-order valence-electron chi connectivity index (χ1n) is 10.5. The highest BCUT2D eigenvalue weighted by atomic mass is 16.5. The smallest absolute Gasteiger partial charge is 0.225 e. The maximum atomic E-state index is 12.6. The molecule has 6 unspecified atom stereocenters. The van der Waals surface area contributed by atoms with Crippen molar-refractivity contribution in [2.75, 3.05) is 13.1 Å². The molecule has 1 amide bonds. The molecule has 1 aromatic rings. The molecule has 5 nitrogen and oxygen atoms in total. The van der Waals surface area contributed by atoms with E-state index in [1.165, 1.54) is 18.4 Å². The zero-order chi connectivity index (χ0) is 19.0. The molecule has 0 spiro atoms. The number of amides is 1. The predicted octanol–water partition coefficient (Wildman–Crippen LogP) is 2.29. The van der Waals surface area contributed by atoms with E-state index in [2.05, 4.69) is 48.3 Å². The van der Waals surface area contributed by atoms with Crippen LogP contribution < -0.4 is 11.1 Å². The molecule has 1 aliphatic heterocycles. The van der Waals surface area contributed by atoms with E-state index in [0.29, 0.717) is 30.6 Å². The van der Waals surface area contributed by atoms with Crippen molar-refractivity contribution in [3.05, 3.63) is 35.4 Å². The second kappa shape index (κ2) is 7.90. The van der Waals surface area contributed by atoms with Crippen LogP contribution in [0.25, 0.3) is 0 Å². The summed E-state index contributed by atoms with van der Waals surface area (Å²) in [6, 6.07) is 8.67. The molecular formula is C22H33N3O2. The molecule has 2 bridgehead atoms. The van der Waals surface area contributed by atoms with Crippen LogP contribution in [0.4, 0.5) is 0 Å². The molecule has 2 aliphatic carbocycles. The third-order valence-electron chi connectivity index (χ3n) is 6.67. The Balaban J connectivity index is 1.27. The van der Waals surface area contributed by atoms with Crippen LogP contribution in [0.1, 0.15) is 44.2 Å². The average molecular weight is 372 g/mol. The van der Waals surface area contributed by atoms with Gasteiger partial charge in [0.2, 0.25) is 5.91 Å². The first-order valence-corrected chi connectivity index (χ1v) is 10.5. The number of morpholine rings is 1. The van der Waals surface area contributed by atoms with E-state index >= 15 is 0 Å². The monoisotopic (exact) mass is 371 g/mol. The molecule has 27 heavy (non-hydrogen) atoms. The predicted molar refractivity (Wildman–Crippen MR) is 106 cm³/mol. The van der Waals surface area contributed by atoms with Gasteiger partial charge in [-0.2, -0.15) is 0 Å². The first-order chi connectivity index (χ1) is 13.0. The second-order valence-electron chi connectivity index (χ2n) is 8.92. The van der Waals surface area contributed by atoms with E-state index in [-0.39, 0.29) is 17.9 Å². The van der Waals surface area contributed by atoms with Crippen LogP contribution in [0.2, 0.25) is 0 Å². The van der Waals surface area contributed by atoms with Crippen LogP contribution in [0.5, 0.6) is 0 Å². The lowest BCUT2D eigenvalue weighted by Gasteiger charge is -2.35. The fraction of sp³-hybridized carbons (Fsp3) is 0.682. The summed E-state index contributed by atoms with van der Waals surface area (Å²) in [4.78, 5) is 15.1. The number of hydrogen-bond acceptors (Lipinski definition) is 4. The number of hydrogen-bond donors (Lipinski definition) is 2. The number of nitrogens with two attached hydrogens (primary N) is 1. The van der Waals surface area contributed by atoms with Gasteiger partial charge in [-0.05, 0) is 56.1 Å². The summed E-state index contributed by atoms with van der Waals surface area (Å²) in [6.45, 7) is 7.76. The fourth-order valence-electron chi connectivity index (χ4n) is 5.47. The third kappa shape index (κ3) is 4.20. The zero-order valence-corrected chi connectivity index (χ0v) is 16.6. The highest BCUT2D eigenvalue weighted by molar-refractivity contribution is 5.80. The molecule has 3 fully saturated rings. The van der Waals surface area contributed by atoms with E-state index < -0.39 is 0 Å². The summed E-state index contributed by atoms with van der Waals surface area (Å²) in [6.07, 6.45) is 4.11. The summed E-state index contributed by atoms with van der Waals surface area (Å²) in [5.74, 6) is 1.24. The standard InChI is InChI=1S/C22H33N3O2/c1-14-11-25(12-15(2)27-14)13-17-5-3-16(4-6-17)10-24-22(26)20-18-7-8-19(9-18)21(20)23/h3-6,14-15,18-21H,7-13,23H2,1-2H3,(H,24,26). The molecule has 1 saturated heterocycles. The summed E-state index contributed by atoms with van der Waals surface area (Å²) >= 11 is 0. The first kappa shape index (κ1) is 18.9. The van der Waals surface area contributed by atoms with Crippen molar-refractivity contribution >= 4 is 5.91 Å². The van der Waals surface area contributed by atoms with Crippen molar-refractivity contribution in [2.45, 2.75) is 64.4 Å². The molecule has 6 atom stereocenters. The van der Waals surface area contributed by atoms with Crippen molar-refractivity contribution in [3.8, 4) is 0 Å². The Bertz CT molecular complexity index is 650. The number of ether oxygens (including phenoxy) is 1. The number of nitrogens with one attached hydrogen (secondary N) is 1. The Hall–Kier alpha value is -1.43. The largest absolute Gasteiger partial charge is 0.373 e. The normalized spacial score (nSPS) is 36.1. The van der Waals surface area contributed by atoms with E-state index in [1.807, 2.05) is 0 Å². The lowest BCUT2D eigenvalue weighted by Crippen LogP contribution is -2.45. The van der Waals surface area contributed by atoms with Gasteiger partial charge in [-0.15, -0.1) is 0 Å². The van der Waals surface area contributed by atoms with Gasteiger partial charge < -0.3 is 15.8 Å². The van der Waals surface area contributed by atoms with Crippen LogP contribution in [-0.2, 0) is 22.6 Å². The Morgan fingerprint density at radius 3 is 2.37 bits per heavy atom. The Morgan fingerprint density at radius 2 is 1.74 bits per heavy atom. The highest BCUT2D eigenvalue weighted by Crippen LogP contribution is 2.47. The van der Waals surface area contributed by atoms with Crippen molar-refractivity contribution in [1.29, 1.82) is 0 Å². The van der Waals surface area contributed by atoms with E-state index in [9.17, 15) is 4.79 Å². The minimum absolute atomic E-state index is 0.0216. The van der Waals surface area contributed by atoms with Crippen LogP contribution in [0.3, 0.4) is 0 Å². The molecular weight excluding hydrogens is 338 g/mol. The summed E-state index contributed by atoms with van der Waals surface area (Å²) in [5.41, 5.74) is 8.74. The maximum Gasteiger partial charge on any atom is 0.225 e. The van der Waals surface area contributed by atoms with Crippen LogP contribution in [-0.4, -0.2) is 42.1 Å². The van der Waals surface area contributed by atoms with Crippen molar-refractivity contribution in [1.82, 2.24) is 10.2 Å². The topological polar surface area (TPSA) is 67.6 Å². The molecule has 5 heteroatoms. The van der Waals surface area contributed by atoms with E-state index in [4.69, 9.17) is 10.5 Å². The lowest BCUT2D eigenvalue weighted by molar-refractivity contribution is -0.127. The molecule has 3 N–H and O–H groups in total. The van der Waals surface area contributed by atoms with Gasteiger partial charge in [-0.25, -0.2) is 0 Å². The van der Waals surface area contributed by atoms with E-state index in [1.54, 1.807) is 0 Å². The highest BCUT2D eigenvalue weighted by Gasteiger charge is 2.48. The summed E-state index contributed by atoms with van der Waals surface area (Å²) < 4.78 is 5.80. The Kier molecular flexibility index (Phi) is 5.53. The van der Waals surface area contributed by atoms with Gasteiger partial charge in [0, 0.05) is 32.2 Å². The second-order valence-corrected chi connectivity index (χ2v) is 8.92. The summed E-state index contributed by atoms with van der Waals surface area (Å²) in [7, 11) is 0. The van der Waals surface area contributed by atoms with Gasteiger partial charge in [-0.3, -0.25) is 9.69 Å². The molecule has 2 saturated carbocycles. The van der Waals surface area contributed by atoms with Gasteiger partial charge in [0.05, 0.1) is 18.1 Å². The number of rotatable bonds is 5. The zero-order valence-electron chi connectivity index (χ0n) is 16.6. The van der Waals surface area contributed by atoms with Crippen molar-refractivity contribution in [3.63, 3.8) is 0 Å².